The van der Waals surface area contributed by atoms with Crippen molar-refractivity contribution in [3.63, 3.8) is 0 Å². The molecule has 0 heterocycles. The first-order valence-electron chi connectivity index (χ1n) is 7.67. The number of hydrogen-bond acceptors (Lipinski definition) is 1. The van der Waals surface area contributed by atoms with Crippen LogP contribution in [0.25, 0.3) is 0 Å². The lowest BCUT2D eigenvalue weighted by Gasteiger charge is -2.39. The van der Waals surface area contributed by atoms with Crippen LogP contribution in [0.3, 0.4) is 0 Å². The molecule has 0 radical (unpaired) electrons. The van der Waals surface area contributed by atoms with Gasteiger partial charge in [-0.15, -0.1) is 0 Å². The van der Waals surface area contributed by atoms with Crippen molar-refractivity contribution in [2.45, 2.75) is 26.2 Å². The van der Waals surface area contributed by atoms with Crippen molar-refractivity contribution >= 4 is 25.6 Å². The van der Waals surface area contributed by atoms with E-state index in [2.05, 4.69) is 61.8 Å². The van der Waals surface area contributed by atoms with E-state index in [0.717, 1.165) is 0 Å². The van der Waals surface area contributed by atoms with Gasteiger partial charge in [0.2, 0.25) is 0 Å². The van der Waals surface area contributed by atoms with E-state index in [1.54, 1.807) is 12.1 Å². The Labute approximate surface area is 136 Å². The van der Waals surface area contributed by atoms with E-state index in [1.165, 1.54) is 10.4 Å². The summed E-state index contributed by atoms with van der Waals surface area (Å²) in [7, 11) is 0.603. The first-order valence-corrected chi connectivity index (χ1v) is 14.7. The summed E-state index contributed by atoms with van der Waals surface area (Å²) < 4.78 is 13.1. The molecule has 4 heteroatoms. The molecule has 0 aliphatic carbocycles. The lowest BCUT2D eigenvalue weighted by molar-refractivity contribution is 0.628. The van der Waals surface area contributed by atoms with Crippen molar-refractivity contribution in [3.8, 4) is 0 Å². The lowest BCUT2D eigenvalue weighted by Crippen LogP contribution is -2.69. The zero-order chi connectivity index (χ0) is 16.8. The van der Waals surface area contributed by atoms with Gasteiger partial charge in [0, 0.05) is 0 Å². The van der Waals surface area contributed by atoms with E-state index in [1.807, 2.05) is 26.2 Å². The van der Waals surface area contributed by atoms with E-state index >= 15 is 0 Å². The highest BCUT2D eigenvalue weighted by atomic mass is 29.3. The molecule has 0 aromatic heterocycles. The lowest BCUT2D eigenvalue weighted by atomic mass is 10.3. The normalized spacial score (nSPS) is 11.6. The molecule has 22 heavy (non-hydrogen) atoms. The standard InChI is InChI=1S/C16H21FSi2.C2H7N/c1-18(2,15-8-6-5-7-9-15)19(3,4)16-12-10-14(17)11-13-16;1-3-2/h5-13H,1-4H3;3H,1-2H3. The summed E-state index contributed by atoms with van der Waals surface area (Å²) in [5.41, 5.74) is 0. The van der Waals surface area contributed by atoms with E-state index < -0.39 is 15.2 Å². The summed E-state index contributed by atoms with van der Waals surface area (Å²) in [6.07, 6.45) is 0. The number of benzene rings is 2. The Bertz CT molecular complexity index is 565. The van der Waals surface area contributed by atoms with Crippen LogP contribution in [0.2, 0.25) is 26.2 Å². The maximum absolute atomic E-state index is 13.1. The first-order chi connectivity index (χ1) is 10.3. The molecule has 0 aliphatic rings. The van der Waals surface area contributed by atoms with Crippen molar-refractivity contribution in [3.05, 3.63) is 60.4 Å². The summed E-state index contributed by atoms with van der Waals surface area (Å²) in [4.78, 5) is 0. The van der Waals surface area contributed by atoms with Gasteiger partial charge >= 0.3 is 0 Å². The van der Waals surface area contributed by atoms with Gasteiger partial charge in [-0.25, -0.2) is 4.39 Å². The maximum Gasteiger partial charge on any atom is 0.123 e. The fourth-order valence-electron chi connectivity index (χ4n) is 2.44. The van der Waals surface area contributed by atoms with Gasteiger partial charge in [-0.05, 0) is 26.2 Å². The van der Waals surface area contributed by atoms with Crippen LogP contribution in [0, 0.1) is 5.82 Å². The van der Waals surface area contributed by atoms with Crippen molar-refractivity contribution in [1.29, 1.82) is 0 Å². The second kappa shape index (κ2) is 7.85. The third-order valence-electron chi connectivity index (χ3n) is 4.62. The summed E-state index contributed by atoms with van der Waals surface area (Å²) in [6.45, 7) is 9.72. The van der Waals surface area contributed by atoms with Crippen molar-refractivity contribution in [1.82, 2.24) is 5.32 Å². The molecule has 0 atom stereocenters. The predicted octanol–water partition coefficient (Wildman–Crippen LogP) is 3.27. The maximum atomic E-state index is 13.1. The van der Waals surface area contributed by atoms with Crippen LogP contribution in [-0.4, -0.2) is 29.3 Å². The minimum atomic E-state index is -1.60. The number of rotatable bonds is 3. The van der Waals surface area contributed by atoms with Crippen LogP contribution in [0.1, 0.15) is 0 Å². The van der Waals surface area contributed by atoms with Crippen LogP contribution >= 0.6 is 0 Å². The average Bonchev–Trinajstić information content (AvgIpc) is 2.49. The molecule has 0 unspecified atom stereocenters. The molecule has 1 N–H and O–H groups in total. The molecule has 120 valence electrons. The zero-order valence-electron chi connectivity index (χ0n) is 14.6. The summed E-state index contributed by atoms with van der Waals surface area (Å²) in [6, 6.07) is 18.0. The highest BCUT2D eigenvalue weighted by Crippen LogP contribution is 2.19. The molecular formula is C18H28FNSi2. The summed E-state index contributed by atoms with van der Waals surface area (Å²) in [5, 5.41) is 5.60. The molecule has 0 fully saturated rings. The topological polar surface area (TPSA) is 12.0 Å². The van der Waals surface area contributed by atoms with Gasteiger partial charge in [0.05, 0.1) is 15.2 Å². The Balaban J connectivity index is 0.000000745. The quantitative estimate of drug-likeness (QED) is 0.850. The average molecular weight is 334 g/mol. The molecule has 0 bridgehead atoms. The molecule has 0 saturated heterocycles. The van der Waals surface area contributed by atoms with E-state index in [4.69, 9.17) is 0 Å². The van der Waals surface area contributed by atoms with Crippen LogP contribution in [0.4, 0.5) is 4.39 Å². The zero-order valence-corrected chi connectivity index (χ0v) is 16.6. The second-order valence-corrected chi connectivity index (χ2v) is 21.8. The molecule has 2 aromatic carbocycles. The van der Waals surface area contributed by atoms with Gasteiger partial charge in [-0.1, -0.05) is 79.0 Å². The SMILES string of the molecule is CNC.C[Si](C)(c1ccccc1)[Si](C)(C)c1ccc(F)cc1. The Kier molecular flexibility index (Phi) is 6.72. The number of nitrogens with one attached hydrogen (secondary N) is 1. The molecule has 0 saturated carbocycles. The summed E-state index contributed by atoms with van der Waals surface area (Å²) in [5.74, 6) is -0.146. The van der Waals surface area contributed by atoms with Gasteiger partial charge in [-0.2, -0.15) is 0 Å². The molecule has 2 rings (SSSR count). The van der Waals surface area contributed by atoms with Gasteiger partial charge < -0.3 is 5.32 Å². The molecular weight excluding hydrogens is 305 g/mol. The fraction of sp³-hybridized carbons (Fsp3) is 0.333. The van der Waals surface area contributed by atoms with Crippen molar-refractivity contribution in [2.24, 2.45) is 0 Å². The molecule has 2 aromatic rings. The highest BCUT2D eigenvalue weighted by molar-refractivity contribution is 7.49. The predicted molar refractivity (Wildman–Crippen MR) is 102 cm³/mol. The van der Waals surface area contributed by atoms with Gasteiger partial charge in [-0.3, -0.25) is 0 Å². The fourth-order valence-corrected chi connectivity index (χ4v) is 11.2. The third-order valence-corrected chi connectivity index (χ3v) is 22.4. The highest BCUT2D eigenvalue weighted by Gasteiger charge is 2.43. The summed E-state index contributed by atoms with van der Waals surface area (Å²) >= 11 is 0. The minimum Gasteiger partial charge on any atom is -0.323 e. The molecule has 0 amide bonds. The Morgan fingerprint density at radius 2 is 1.05 bits per heavy atom. The van der Waals surface area contributed by atoms with Gasteiger partial charge in [0.1, 0.15) is 5.82 Å². The van der Waals surface area contributed by atoms with Crippen molar-refractivity contribution in [2.75, 3.05) is 14.1 Å². The van der Waals surface area contributed by atoms with Crippen LogP contribution in [0.5, 0.6) is 0 Å². The van der Waals surface area contributed by atoms with Crippen LogP contribution < -0.4 is 15.7 Å². The van der Waals surface area contributed by atoms with Gasteiger partial charge in [0.15, 0.2) is 0 Å². The van der Waals surface area contributed by atoms with E-state index in [-0.39, 0.29) is 5.82 Å². The minimum absolute atomic E-state index is 0.146. The van der Waals surface area contributed by atoms with Crippen LogP contribution in [0.15, 0.2) is 54.6 Å². The van der Waals surface area contributed by atoms with E-state index in [0.29, 0.717) is 0 Å². The Morgan fingerprint density at radius 3 is 1.45 bits per heavy atom. The molecule has 1 nitrogen and oxygen atoms in total. The third kappa shape index (κ3) is 4.15. The Hall–Kier alpha value is -1.24. The largest absolute Gasteiger partial charge is 0.323 e. The van der Waals surface area contributed by atoms with Crippen LogP contribution in [-0.2, 0) is 0 Å². The number of halogens is 1. The second-order valence-electron chi connectivity index (χ2n) is 6.62. The first kappa shape index (κ1) is 18.8. The number of hydrogen-bond donors (Lipinski definition) is 1. The van der Waals surface area contributed by atoms with Gasteiger partial charge in [0.25, 0.3) is 0 Å². The monoisotopic (exact) mass is 333 g/mol. The van der Waals surface area contributed by atoms with Crippen molar-refractivity contribution < 1.29 is 4.39 Å². The smallest absolute Gasteiger partial charge is 0.123 e. The molecule has 0 aliphatic heterocycles. The van der Waals surface area contributed by atoms with E-state index in [9.17, 15) is 4.39 Å². The molecule has 0 spiro atoms. The Morgan fingerprint density at radius 1 is 0.682 bits per heavy atom.